The first-order valence-electron chi connectivity index (χ1n) is 9.84. The SMILES string of the molecule is O=C(c1cnccn1)N1CCN([C@H]2CCCN(Cc3ccccc3)C2=O)CC1. The van der Waals surface area contributed by atoms with Crippen LogP contribution in [0.3, 0.4) is 0 Å². The number of piperazine rings is 1. The summed E-state index contributed by atoms with van der Waals surface area (Å²) in [4.78, 5) is 39.7. The largest absolute Gasteiger partial charge is 0.337 e. The van der Waals surface area contributed by atoms with Gasteiger partial charge in [0.05, 0.1) is 12.2 Å². The van der Waals surface area contributed by atoms with Gasteiger partial charge in [0.25, 0.3) is 5.91 Å². The molecule has 2 saturated heterocycles. The maximum absolute atomic E-state index is 13.1. The summed E-state index contributed by atoms with van der Waals surface area (Å²) in [5, 5.41) is 0. The Morgan fingerprint density at radius 1 is 1.04 bits per heavy atom. The van der Waals surface area contributed by atoms with Crippen LogP contribution in [-0.2, 0) is 11.3 Å². The van der Waals surface area contributed by atoms with Crippen molar-refractivity contribution in [2.75, 3.05) is 32.7 Å². The average Bonchev–Trinajstić information content (AvgIpc) is 2.76. The van der Waals surface area contributed by atoms with Crippen LogP contribution in [0.15, 0.2) is 48.9 Å². The van der Waals surface area contributed by atoms with E-state index in [2.05, 4.69) is 27.0 Å². The van der Waals surface area contributed by atoms with Gasteiger partial charge in [0.1, 0.15) is 5.69 Å². The lowest BCUT2D eigenvalue weighted by atomic mass is 10.0. The first-order chi connectivity index (χ1) is 13.7. The van der Waals surface area contributed by atoms with E-state index < -0.39 is 0 Å². The molecule has 0 radical (unpaired) electrons. The maximum atomic E-state index is 13.1. The lowest BCUT2D eigenvalue weighted by Gasteiger charge is -2.42. The van der Waals surface area contributed by atoms with Gasteiger partial charge in [0.15, 0.2) is 0 Å². The van der Waals surface area contributed by atoms with Crippen molar-refractivity contribution in [3.8, 4) is 0 Å². The molecule has 1 aromatic carbocycles. The van der Waals surface area contributed by atoms with Crippen LogP contribution in [0.5, 0.6) is 0 Å². The molecule has 0 aliphatic carbocycles. The standard InChI is InChI=1S/C21H25N5O2/c27-20(18-15-22-8-9-23-18)25-13-11-24(12-14-25)19-7-4-10-26(21(19)28)16-17-5-2-1-3-6-17/h1-3,5-6,8-9,15,19H,4,7,10-14,16H2/t19-/m0/s1. The zero-order valence-corrected chi connectivity index (χ0v) is 15.9. The fourth-order valence-electron chi connectivity index (χ4n) is 4.03. The van der Waals surface area contributed by atoms with Crippen molar-refractivity contribution in [3.05, 3.63) is 60.2 Å². The number of hydrogen-bond donors (Lipinski definition) is 0. The van der Waals surface area contributed by atoms with Gasteiger partial charge in [0.2, 0.25) is 5.91 Å². The van der Waals surface area contributed by atoms with Gasteiger partial charge in [-0.15, -0.1) is 0 Å². The normalized spacial score (nSPS) is 21.0. The van der Waals surface area contributed by atoms with Crippen molar-refractivity contribution in [1.82, 2.24) is 24.7 Å². The molecule has 0 N–H and O–H groups in total. The predicted molar refractivity (Wildman–Crippen MR) is 104 cm³/mol. The Hall–Kier alpha value is -2.80. The van der Waals surface area contributed by atoms with Crippen molar-refractivity contribution in [3.63, 3.8) is 0 Å². The first-order valence-corrected chi connectivity index (χ1v) is 9.84. The number of carbonyl (C=O) groups is 2. The van der Waals surface area contributed by atoms with E-state index in [0.29, 0.717) is 38.4 Å². The number of likely N-dealkylation sites (tertiary alicyclic amines) is 1. The topological polar surface area (TPSA) is 69.6 Å². The smallest absolute Gasteiger partial charge is 0.274 e. The summed E-state index contributed by atoms with van der Waals surface area (Å²) in [5.41, 5.74) is 1.54. The monoisotopic (exact) mass is 379 g/mol. The van der Waals surface area contributed by atoms with Gasteiger partial charge >= 0.3 is 0 Å². The summed E-state index contributed by atoms with van der Waals surface area (Å²) in [6, 6.07) is 10.1. The zero-order valence-electron chi connectivity index (χ0n) is 15.9. The highest BCUT2D eigenvalue weighted by Gasteiger charge is 2.35. The molecule has 2 aliphatic heterocycles. The van der Waals surface area contributed by atoms with Crippen molar-refractivity contribution in [1.29, 1.82) is 0 Å². The lowest BCUT2D eigenvalue weighted by molar-refractivity contribution is -0.141. The van der Waals surface area contributed by atoms with Gasteiger partial charge < -0.3 is 9.80 Å². The van der Waals surface area contributed by atoms with Gasteiger partial charge in [-0.3, -0.25) is 19.5 Å². The fourth-order valence-corrected chi connectivity index (χ4v) is 4.03. The van der Waals surface area contributed by atoms with Crippen LogP contribution in [0.1, 0.15) is 28.9 Å². The minimum absolute atomic E-state index is 0.0776. The third-order valence-electron chi connectivity index (χ3n) is 5.54. The molecule has 3 heterocycles. The van der Waals surface area contributed by atoms with Gasteiger partial charge in [-0.25, -0.2) is 4.98 Å². The molecule has 1 atom stereocenters. The molecule has 1 aromatic heterocycles. The third-order valence-corrected chi connectivity index (χ3v) is 5.54. The van der Waals surface area contributed by atoms with E-state index in [1.165, 1.54) is 12.4 Å². The average molecular weight is 379 g/mol. The minimum atomic E-state index is -0.0894. The van der Waals surface area contributed by atoms with Crippen molar-refractivity contribution in [2.45, 2.75) is 25.4 Å². The van der Waals surface area contributed by atoms with E-state index in [0.717, 1.165) is 24.9 Å². The Bertz CT molecular complexity index is 806. The molecular formula is C21H25N5O2. The van der Waals surface area contributed by atoms with E-state index in [1.807, 2.05) is 23.1 Å². The van der Waals surface area contributed by atoms with Crippen LogP contribution >= 0.6 is 0 Å². The fraction of sp³-hybridized carbons (Fsp3) is 0.429. The Balaban J connectivity index is 1.35. The molecule has 4 rings (SSSR count). The highest BCUT2D eigenvalue weighted by molar-refractivity contribution is 5.92. The van der Waals surface area contributed by atoms with Crippen LogP contribution in [0.2, 0.25) is 0 Å². The summed E-state index contributed by atoms with van der Waals surface area (Å²) in [6.07, 6.45) is 6.50. The van der Waals surface area contributed by atoms with E-state index in [1.54, 1.807) is 11.1 Å². The second kappa shape index (κ2) is 8.48. The highest BCUT2D eigenvalue weighted by Crippen LogP contribution is 2.21. The Morgan fingerprint density at radius 3 is 2.54 bits per heavy atom. The van der Waals surface area contributed by atoms with Crippen molar-refractivity contribution < 1.29 is 9.59 Å². The predicted octanol–water partition coefficient (Wildman–Crippen LogP) is 1.43. The summed E-state index contributed by atoms with van der Waals surface area (Å²) in [5.74, 6) is 0.122. The van der Waals surface area contributed by atoms with E-state index in [4.69, 9.17) is 0 Å². The summed E-state index contributed by atoms with van der Waals surface area (Å²) >= 11 is 0. The second-order valence-electron chi connectivity index (χ2n) is 7.32. The molecular weight excluding hydrogens is 354 g/mol. The number of amides is 2. The summed E-state index contributed by atoms with van der Waals surface area (Å²) < 4.78 is 0. The van der Waals surface area contributed by atoms with E-state index in [-0.39, 0.29) is 17.9 Å². The van der Waals surface area contributed by atoms with Crippen LogP contribution in [-0.4, -0.2) is 75.2 Å². The molecule has 2 amide bonds. The molecule has 7 nitrogen and oxygen atoms in total. The molecule has 0 spiro atoms. The number of piperidine rings is 1. The summed E-state index contributed by atoms with van der Waals surface area (Å²) in [7, 11) is 0. The molecule has 2 fully saturated rings. The molecule has 2 aromatic rings. The third kappa shape index (κ3) is 4.04. The number of benzene rings is 1. The molecule has 2 aliphatic rings. The lowest BCUT2D eigenvalue weighted by Crippen LogP contribution is -2.58. The van der Waals surface area contributed by atoms with Crippen molar-refractivity contribution >= 4 is 11.8 Å². The second-order valence-corrected chi connectivity index (χ2v) is 7.32. The van der Waals surface area contributed by atoms with Gasteiger partial charge in [-0.2, -0.15) is 0 Å². The maximum Gasteiger partial charge on any atom is 0.274 e. The quantitative estimate of drug-likeness (QED) is 0.804. The van der Waals surface area contributed by atoms with Crippen LogP contribution < -0.4 is 0 Å². The molecule has 7 heteroatoms. The number of hydrogen-bond acceptors (Lipinski definition) is 5. The molecule has 0 saturated carbocycles. The molecule has 28 heavy (non-hydrogen) atoms. The number of carbonyl (C=O) groups excluding carboxylic acids is 2. The minimum Gasteiger partial charge on any atom is -0.337 e. The summed E-state index contributed by atoms with van der Waals surface area (Å²) in [6.45, 7) is 4.12. The number of aromatic nitrogens is 2. The van der Waals surface area contributed by atoms with E-state index in [9.17, 15) is 9.59 Å². The van der Waals surface area contributed by atoms with Crippen LogP contribution in [0, 0.1) is 0 Å². The van der Waals surface area contributed by atoms with E-state index >= 15 is 0 Å². The molecule has 0 bridgehead atoms. The van der Waals surface area contributed by atoms with Crippen LogP contribution in [0.25, 0.3) is 0 Å². The Kier molecular flexibility index (Phi) is 5.62. The van der Waals surface area contributed by atoms with Gasteiger partial charge in [0, 0.05) is 51.7 Å². The Labute approximate surface area is 165 Å². The first kappa shape index (κ1) is 18.6. The molecule has 146 valence electrons. The number of rotatable bonds is 4. The number of nitrogens with zero attached hydrogens (tertiary/aromatic N) is 5. The van der Waals surface area contributed by atoms with Crippen LogP contribution in [0.4, 0.5) is 0 Å². The Morgan fingerprint density at radius 2 is 1.82 bits per heavy atom. The zero-order chi connectivity index (χ0) is 19.3. The van der Waals surface area contributed by atoms with Gasteiger partial charge in [-0.05, 0) is 18.4 Å². The van der Waals surface area contributed by atoms with Gasteiger partial charge in [-0.1, -0.05) is 30.3 Å². The molecule has 0 unspecified atom stereocenters. The van der Waals surface area contributed by atoms with Crippen molar-refractivity contribution in [2.24, 2.45) is 0 Å². The highest BCUT2D eigenvalue weighted by atomic mass is 16.2.